The van der Waals surface area contributed by atoms with Crippen LogP contribution in [0.2, 0.25) is 0 Å². The van der Waals surface area contributed by atoms with E-state index in [4.69, 9.17) is 4.74 Å². The number of unbranched alkanes of at least 4 members (excludes halogenated alkanes) is 4. The lowest BCUT2D eigenvalue weighted by Crippen LogP contribution is -2.05. The molecular weight excluding hydrogens is 336 g/mol. The predicted molar refractivity (Wildman–Crippen MR) is 111 cm³/mol. The Hall–Kier alpha value is -2.29. The van der Waals surface area contributed by atoms with Gasteiger partial charge in [0.25, 0.3) is 0 Å². The van der Waals surface area contributed by atoms with Crippen molar-refractivity contribution in [2.24, 2.45) is 5.92 Å². The Balaban J connectivity index is 1.76. The molecule has 27 heavy (non-hydrogen) atoms. The summed E-state index contributed by atoms with van der Waals surface area (Å²) in [6.45, 7) is 5.18. The summed E-state index contributed by atoms with van der Waals surface area (Å²) in [4.78, 5) is 12.5. The van der Waals surface area contributed by atoms with Crippen LogP contribution < -0.4 is 4.74 Å². The van der Waals surface area contributed by atoms with Crippen molar-refractivity contribution in [2.45, 2.75) is 58.8 Å². The Morgan fingerprint density at radius 1 is 0.963 bits per heavy atom. The molecule has 0 aliphatic heterocycles. The fourth-order valence-electron chi connectivity index (χ4n) is 3.08. The van der Waals surface area contributed by atoms with Crippen LogP contribution in [0.4, 0.5) is 0 Å². The molecule has 0 aliphatic carbocycles. The zero-order valence-corrected chi connectivity index (χ0v) is 16.6. The van der Waals surface area contributed by atoms with E-state index in [2.05, 4.69) is 13.8 Å². The number of phenols is 1. The molecule has 0 fully saturated rings. The molecule has 0 unspecified atom stereocenters. The van der Waals surface area contributed by atoms with Gasteiger partial charge in [-0.05, 0) is 36.1 Å². The number of Topliss-reactive ketones (excluding diaryl/α,β-unsaturated/α-hetero) is 1. The maximum atomic E-state index is 12.5. The highest BCUT2D eigenvalue weighted by Gasteiger charge is 2.13. The van der Waals surface area contributed by atoms with Gasteiger partial charge in [-0.25, -0.2) is 0 Å². The molecule has 2 rings (SSSR count). The summed E-state index contributed by atoms with van der Waals surface area (Å²) in [7, 11) is 0. The van der Waals surface area contributed by atoms with E-state index in [1.54, 1.807) is 18.2 Å². The average molecular weight is 369 g/mol. The Labute approximate surface area is 163 Å². The molecule has 0 spiro atoms. The minimum absolute atomic E-state index is 0.00781. The van der Waals surface area contributed by atoms with Crippen molar-refractivity contribution >= 4 is 5.78 Å². The highest BCUT2D eigenvalue weighted by atomic mass is 16.5. The van der Waals surface area contributed by atoms with Gasteiger partial charge in [0.15, 0.2) is 5.78 Å². The number of carbonyl (C=O) groups is 1. The van der Waals surface area contributed by atoms with E-state index < -0.39 is 0 Å². The van der Waals surface area contributed by atoms with Crippen LogP contribution in [0, 0.1) is 5.92 Å². The van der Waals surface area contributed by atoms with Gasteiger partial charge in [0.05, 0.1) is 12.2 Å². The smallest absolute Gasteiger partial charge is 0.171 e. The number of phenolic OH excluding ortho intramolecular Hbond substituents is 1. The third-order valence-corrected chi connectivity index (χ3v) is 4.67. The van der Waals surface area contributed by atoms with Crippen LogP contribution in [-0.2, 0) is 6.42 Å². The highest BCUT2D eigenvalue weighted by Crippen LogP contribution is 2.25. The minimum Gasteiger partial charge on any atom is -0.507 e. The maximum Gasteiger partial charge on any atom is 0.171 e. The molecule has 0 saturated carbocycles. The summed E-state index contributed by atoms with van der Waals surface area (Å²) in [5.41, 5.74) is 1.26. The molecule has 3 nitrogen and oxygen atoms in total. The summed E-state index contributed by atoms with van der Waals surface area (Å²) in [5, 5.41) is 10.0. The molecule has 2 aromatic rings. The molecule has 1 N–H and O–H groups in total. The van der Waals surface area contributed by atoms with Gasteiger partial charge in [0.1, 0.15) is 11.5 Å². The molecule has 0 radical (unpaired) electrons. The van der Waals surface area contributed by atoms with Crippen LogP contribution >= 0.6 is 0 Å². The van der Waals surface area contributed by atoms with Crippen molar-refractivity contribution in [2.75, 3.05) is 6.61 Å². The van der Waals surface area contributed by atoms with Gasteiger partial charge in [-0.1, -0.05) is 76.3 Å². The summed E-state index contributed by atoms with van der Waals surface area (Å²) < 4.78 is 5.78. The molecule has 2 aromatic carbocycles. The SMILES string of the molecule is CC(C)CCCCCCCOc1ccc(O)c(C(=O)Cc2ccccc2)c1. The number of ether oxygens (including phenoxy) is 1. The van der Waals surface area contributed by atoms with E-state index in [1.165, 1.54) is 25.7 Å². The van der Waals surface area contributed by atoms with Crippen molar-refractivity contribution in [1.29, 1.82) is 0 Å². The van der Waals surface area contributed by atoms with E-state index in [-0.39, 0.29) is 18.0 Å². The first kappa shape index (κ1) is 21.0. The van der Waals surface area contributed by atoms with Crippen LogP contribution in [0.15, 0.2) is 48.5 Å². The van der Waals surface area contributed by atoms with Gasteiger partial charge in [-0.3, -0.25) is 4.79 Å². The number of hydrogen-bond acceptors (Lipinski definition) is 3. The fourth-order valence-corrected chi connectivity index (χ4v) is 3.08. The first-order chi connectivity index (χ1) is 13.1. The third-order valence-electron chi connectivity index (χ3n) is 4.67. The second kappa shape index (κ2) is 11.4. The topological polar surface area (TPSA) is 46.5 Å². The van der Waals surface area contributed by atoms with Crippen molar-refractivity contribution < 1.29 is 14.6 Å². The van der Waals surface area contributed by atoms with E-state index in [0.717, 1.165) is 24.3 Å². The lowest BCUT2D eigenvalue weighted by atomic mass is 10.0. The number of benzene rings is 2. The van der Waals surface area contributed by atoms with Crippen molar-refractivity contribution in [3.63, 3.8) is 0 Å². The van der Waals surface area contributed by atoms with Gasteiger partial charge in [-0.2, -0.15) is 0 Å². The second-order valence-corrected chi connectivity index (χ2v) is 7.56. The van der Waals surface area contributed by atoms with Gasteiger partial charge in [-0.15, -0.1) is 0 Å². The number of hydrogen-bond donors (Lipinski definition) is 1. The van der Waals surface area contributed by atoms with E-state index in [9.17, 15) is 9.90 Å². The highest BCUT2D eigenvalue weighted by molar-refractivity contribution is 6.00. The lowest BCUT2D eigenvalue weighted by molar-refractivity contribution is 0.0990. The van der Waals surface area contributed by atoms with Crippen LogP contribution in [0.1, 0.15) is 68.3 Å². The molecule has 0 aromatic heterocycles. The molecule has 146 valence electrons. The second-order valence-electron chi connectivity index (χ2n) is 7.56. The first-order valence-electron chi connectivity index (χ1n) is 10.1. The van der Waals surface area contributed by atoms with Gasteiger partial charge in [0, 0.05) is 6.42 Å². The van der Waals surface area contributed by atoms with E-state index in [1.807, 2.05) is 30.3 Å². The van der Waals surface area contributed by atoms with E-state index >= 15 is 0 Å². The quantitative estimate of drug-likeness (QED) is 0.359. The average Bonchev–Trinajstić information content (AvgIpc) is 2.65. The predicted octanol–water partition coefficient (Wildman–Crippen LogP) is 6.19. The standard InChI is InChI=1S/C24H32O3/c1-19(2)11-7-4-3-5-10-16-27-21-14-15-23(25)22(18-21)24(26)17-20-12-8-6-9-13-20/h6,8-9,12-15,18-19,25H,3-5,7,10-11,16-17H2,1-2H3. The zero-order chi connectivity index (χ0) is 19.5. The Morgan fingerprint density at radius 2 is 1.67 bits per heavy atom. The summed E-state index contributed by atoms with van der Waals surface area (Å²) >= 11 is 0. The summed E-state index contributed by atoms with van der Waals surface area (Å²) in [5.74, 6) is 1.34. The minimum atomic E-state index is -0.102. The summed E-state index contributed by atoms with van der Waals surface area (Å²) in [6, 6.07) is 14.5. The number of ketones is 1. The van der Waals surface area contributed by atoms with Crippen molar-refractivity contribution in [3.8, 4) is 11.5 Å². The molecule has 0 bridgehead atoms. The van der Waals surface area contributed by atoms with Crippen molar-refractivity contribution in [1.82, 2.24) is 0 Å². The van der Waals surface area contributed by atoms with Crippen molar-refractivity contribution in [3.05, 3.63) is 59.7 Å². The monoisotopic (exact) mass is 368 g/mol. The normalized spacial score (nSPS) is 10.9. The van der Waals surface area contributed by atoms with Crippen LogP contribution in [0.25, 0.3) is 0 Å². The molecule has 3 heteroatoms. The number of carbonyl (C=O) groups excluding carboxylic acids is 1. The molecule has 0 amide bonds. The molecule has 0 saturated heterocycles. The number of aromatic hydroxyl groups is 1. The first-order valence-corrected chi connectivity index (χ1v) is 10.1. The Morgan fingerprint density at radius 3 is 2.41 bits per heavy atom. The number of rotatable bonds is 12. The lowest BCUT2D eigenvalue weighted by Gasteiger charge is -2.10. The molecule has 0 aliphatic rings. The van der Waals surface area contributed by atoms with Crippen LogP contribution in [0.3, 0.4) is 0 Å². The third kappa shape index (κ3) is 7.86. The largest absolute Gasteiger partial charge is 0.507 e. The molecule has 0 atom stereocenters. The molecular formula is C24H32O3. The van der Waals surface area contributed by atoms with Gasteiger partial charge < -0.3 is 9.84 Å². The Bertz CT molecular complexity index is 692. The molecule has 0 heterocycles. The van der Waals surface area contributed by atoms with E-state index in [0.29, 0.717) is 17.9 Å². The summed E-state index contributed by atoms with van der Waals surface area (Å²) in [6.07, 6.45) is 7.59. The van der Waals surface area contributed by atoms with Crippen LogP contribution in [-0.4, -0.2) is 17.5 Å². The fraction of sp³-hybridized carbons (Fsp3) is 0.458. The van der Waals surface area contributed by atoms with Crippen LogP contribution in [0.5, 0.6) is 11.5 Å². The van der Waals surface area contributed by atoms with Gasteiger partial charge in [0.2, 0.25) is 0 Å². The Kier molecular flexibility index (Phi) is 8.90. The zero-order valence-electron chi connectivity index (χ0n) is 16.6. The van der Waals surface area contributed by atoms with Gasteiger partial charge >= 0.3 is 0 Å². The maximum absolute atomic E-state index is 12.5.